The molecule has 1 spiro atoms. The zero-order valence-electron chi connectivity index (χ0n) is 11.1. The normalized spacial score (nSPS) is 30.2. The quantitative estimate of drug-likeness (QED) is 0.900. The first-order valence-corrected chi connectivity index (χ1v) is 8.32. The van der Waals surface area contributed by atoms with Gasteiger partial charge in [0.25, 0.3) is 0 Å². The van der Waals surface area contributed by atoms with Gasteiger partial charge < -0.3 is 4.90 Å². The summed E-state index contributed by atoms with van der Waals surface area (Å²) in [6.07, 6.45) is 8.21. The van der Waals surface area contributed by atoms with E-state index in [1.807, 2.05) is 0 Å². The summed E-state index contributed by atoms with van der Waals surface area (Å²) in [7, 11) is 0. The zero-order valence-corrected chi connectivity index (χ0v) is 11.9. The SMILES string of the molecule is O=C1N(C2CCC2)C(c2cccs2)NC12CCCC2. The summed E-state index contributed by atoms with van der Waals surface area (Å²) < 4.78 is 0. The Labute approximate surface area is 118 Å². The molecule has 2 aliphatic carbocycles. The maximum atomic E-state index is 12.9. The van der Waals surface area contributed by atoms with Gasteiger partial charge in [0.2, 0.25) is 5.91 Å². The fraction of sp³-hybridized carbons (Fsp3) is 0.667. The predicted octanol–water partition coefficient (Wildman–Crippen LogP) is 3.04. The van der Waals surface area contributed by atoms with Crippen molar-refractivity contribution in [2.24, 2.45) is 0 Å². The van der Waals surface area contributed by atoms with E-state index in [4.69, 9.17) is 0 Å². The topological polar surface area (TPSA) is 32.3 Å². The summed E-state index contributed by atoms with van der Waals surface area (Å²) >= 11 is 1.76. The zero-order chi connectivity index (χ0) is 12.9. The number of hydrogen-bond donors (Lipinski definition) is 1. The highest BCUT2D eigenvalue weighted by Gasteiger charge is 2.55. The molecule has 1 amide bonds. The maximum absolute atomic E-state index is 12.9. The van der Waals surface area contributed by atoms with E-state index in [1.165, 1.54) is 37.0 Å². The van der Waals surface area contributed by atoms with Crippen molar-refractivity contribution in [3.63, 3.8) is 0 Å². The molecule has 0 aromatic carbocycles. The Bertz CT molecular complexity index is 474. The van der Waals surface area contributed by atoms with Crippen molar-refractivity contribution in [1.29, 1.82) is 0 Å². The first-order valence-electron chi connectivity index (χ1n) is 7.44. The largest absolute Gasteiger partial charge is 0.317 e. The maximum Gasteiger partial charge on any atom is 0.244 e. The van der Waals surface area contributed by atoms with Crippen molar-refractivity contribution >= 4 is 17.2 Å². The second-order valence-corrected chi connectivity index (χ2v) is 7.13. The molecule has 19 heavy (non-hydrogen) atoms. The van der Waals surface area contributed by atoms with Crippen LogP contribution in [0.2, 0.25) is 0 Å². The lowest BCUT2D eigenvalue weighted by atomic mass is 9.90. The van der Waals surface area contributed by atoms with Gasteiger partial charge in [0.1, 0.15) is 6.17 Å². The molecule has 1 saturated heterocycles. The Morgan fingerprint density at radius 3 is 2.63 bits per heavy atom. The molecule has 2 saturated carbocycles. The van der Waals surface area contributed by atoms with Crippen LogP contribution in [0.5, 0.6) is 0 Å². The summed E-state index contributed by atoms with van der Waals surface area (Å²) in [6.45, 7) is 0. The Kier molecular flexibility index (Phi) is 2.71. The standard InChI is InChI=1S/C15H20N2OS/c18-14-15(8-1-2-9-15)16-13(12-7-4-10-19-12)17(14)11-5-3-6-11/h4,7,10-11,13,16H,1-3,5-6,8-9H2. The van der Waals surface area contributed by atoms with Crippen LogP contribution < -0.4 is 5.32 Å². The van der Waals surface area contributed by atoms with E-state index in [9.17, 15) is 4.79 Å². The molecule has 4 rings (SSSR count). The molecule has 4 heteroatoms. The molecule has 3 nitrogen and oxygen atoms in total. The highest BCUT2D eigenvalue weighted by molar-refractivity contribution is 7.10. The van der Waals surface area contributed by atoms with Crippen LogP contribution in [0, 0.1) is 0 Å². The van der Waals surface area contributed by atoms with Crippen molar-refractivity contribution in [3.8, 4) is 0 Å². The number of amides is 1. The number of thiophene rings is 1. The third-order valence-corrected chi connectivity index (χ3v) is 6.00. The summed E-state index contributed by atoms with van der Waals surface area (Å²) in [6, 6.07) is 4.73. The highest BCUT2D eigenvalue weighted by Crippen LogP contribution is 2.45. The molecule has 1 N–H and O–H groups in total. The van der Waals surface area contributed by atoms with Crippen LogP contribution in [-0.2, 0) is 4.79 Å². The molecule has 3 aliphatic rings. The van der Waals surface area contributed by atoms with Crippen LogP contribution in [0.1, 0.15) is 56.0 Å². The number of carbonyl (C=O) groups excluding carboxylic acids is 1. The van der Waals surface area contributed by atoms with Gasteiger partial charge in [0, 0.05) is 10.9 Å². The summed E-state index contributed by atoms with van der Waals surface area (Å²) in [5.41, 5.74) is -0.232. The number of rotatable bonds is 2. The lowest BCUT2D eigenvalue weighted by Gasteiger charge is -2.38. The van der Waals surface area contributed by atoms with E-state index in [0.717, 1.165) is 12.8 Å². The van der Waals surface area contributed by atoms with Gasteiger partial charge in [0.15, 0.2) is 0 Å². The van der Waals surface area contributed by atoms with E-state index in [1.54, 1.807) is 11.3 Å². The van der Waals surface area contributed by atoms with Gasteiger partial charge in [-0.25, -0.2) is 0 Å². The third-order valence-electron chi connectivity index (χ3n) is 5.07. The second kappa shape index (κ2) is 4.32. The second-order valence-electron chi connectivity index (χ2n) is 6.15. The van der Waals surface area contributed by atoms with Crippen LogP contribution in [0.3, 0.4) is 0 Å². The lowest BCUT2D eigenvalue weighted by molar-refractivity contribution is -0.137. The average molecular weight is 276 g/mol. The Morgan fingerprint density at radius 1 is 1.26 bits per heavy atom. The molecule has 0 radical (unpaired) electrons. The average Bonchev–Trinajstić information content (AvgIpc) is 3.04. The molecule has 2 heterocycles. The predicted molar refractivity (Wildman–Crippen MR) is 75.9 cm³/mol. The van der Waals surface area contributed by atoms with Gasteiger partial charge in [-0.05, 0) is 43.6 Å². The Balaban J connectivity index is 1.70. The fourth-order valence-electron chi connectivity index (χ4n) is 3.79. The molecule has 1 atom stereocenters. The van der Waals surface area contributed by atoms with Crippen LogP contribution >= 0.6 is 11.3 Å². The molecule has 1 aliphatic heterocycles. The minimum Gasteiger partial charge on any atom is -0.317 e. The van der Waals surface area contributed by atoms with Crippen molar-refractivity contribution < 1.29 is 4.79 Å². The van der Waals surface area contributed by atoms with Gasteiger partial charge in [-0.1, -0.05) is 18.9 Å². The number of carbonyl (C=O) groups is 1. The van der Waals surface area contributed by atoms with Crippen molar-refractivity contribution in [2.45, 2.75) is 62.7 Å². The van der Waals surface area contributed by atoms with Gasteiger partial charge >= 0.3 is 0 Å². The Morgan fingerprint density at radius 2 is 2.05 bits per heavy atom. The first-order chi connectivity index (χ1) is 9.30. The molecule has 1 unspecified atom stereocenters. The van der Waals surface area contributed by atoms with Gasteiger partial charge in [-0.15, -0.1) is 11.3 Å². The molecule has 3 fully saturated rings. The van der Waals surface area contributed by atoms with Crippen molar-refractivity contribution in [1.82, 2.24) is 10.2 Å². The summed E-state index contributed by atoms with van der Waals surface area (Å²) in [4.78, 5) is 16.4. The molecular formula is C15H20N2OS. The van der Waals surface area contributed by atoms with Crippen LogP contribution in [-0.4, -0.2) is 22.4 Å². The smallest absolute Gasteiger partial charge is 0.244 e. The summed E-state index contributed by atoms with van der Waals surface area (Å²) in [5, 5.41) is 5.82. The van der Waals surface area contributed by atoms with Crippen LogP contribution in [0.25, 0.3) is 0 Å². The summed E-state index contributed by atoms with van der Waals surface area (Å²) in [5.74, 6) is 0.383. The van der Waals surface area contributed by atoms with Crippen LogP contribution in [0.15, 0.2) is 17.5 Å². The van der Waals surface area contributed by atoms with E-state index >= 15 is 0 Å². The van der Waals surface area contributed by atoms with E-state index in [-0.39, 0.29) is 11.7 Å². The highest BCUT2D eigenvalue weighted by atomic mass is 32.1. The molecule has 102 valence electrons. The monoisotopic (exact) mass is 276 g/mol. The van der Waals surface area contributed by atoms with E-state index in [0.29, 0.717) is 11.9 Å². The molecule has 1 aromatic heterocycles. The minimum absolute atomic E-state index is 0.135. The van der Waals surface area contributed by atoms with E-state index < -0.39 is 0 Å². The fourth-order valence-corrected chi connectivity index (χ4v) is 4.56. The van der Waals surface area contributed by atoms with Gasteiger partial charge in [0.05, 0.1) is 5.54 Å². The van der Waals surface area contributed by atoms with E-state index in [2.05, 4.69) is 27.7 Å². The molecular weight excluding hydrogens is 256 g/mol. The number of nitrogens with one attached hydrogen (secondary N) is 1. The van der Waals surface area contributed by atoms with Crippen LogP contribution in [0.4, 0.5) is 0 Å². The minimum atomic E-state index is -0.232. The molecule has 0 bridgehead atoms. The van der Waals surface area contributed by atoms with Crippen molar-refractivity contribution in [2.75, 3.05) is 0 Å². The van der Waals surface area contributed by atoms with Gasteiger partial charge in [-0.3, -0.25) is 10.1 Å². The van der Waals surface area contributed by atoms with Gasteiger partial charge in [-0.2, -0.15) is 0 Å². The number of hydrogen-bond acceptors (Lipinski definition) is 3. The lowest BCUT2D eigenvalue weighted by Crippen LogP contribution is -2.47. The number of nitrogens with zero attached hydrogens (tertiary/aromatic N) is 1. The van der Waals surface area contributed by atoms with Crippen molar-refractivity contribution in [3.05, 3.63) is 22.4 Å². The third kappa shape index (κ3) is 1.69. The molecule has 1 aromatic rings. The Hall–Kier alpha value is -0.870. The first kappa shape index (κ1) is 11.9.